The van der Waals surface area contributed by atoms with E-state index >= 15 is 0 Å². The Morgan fingerprint density at radius 2 is 1.91 bits per heavy atom. The van der Waals surface area contributed by atoms with Crippen molar-refractivity contribution in [2.75, 3.05) is 0 Å². The van der Waals surface area contributed by atoms with Crippen LogP contribution in [0.5, 0.6) is 0 Å². The Morgan fingerprint density at radius 3 is 2.70 bits per heavy atom. The third-order valence-corrected chi connectivity index (χ3v) is 3.98. The third-order valence-electron chi connectivity index (χ3n) is 3.98. The standard InChI is InChI=1S/C19H20N2O2/c1-13(12-18(22)14-6-3-2-4-7-14)21-19(23)16-8-5-9-17-15(16)10-11-20-17/h2-11,13,18,20,22H,12H2,1H3,(H,21,23)/t13-,18+/m0/s1. The van der Waals surface area contributed by atoms with Gasteiger partial charge in [-0.3, -0.25) is 4.79 Å². The van der Waals surface area contributed by atoms with Gasteiger partial charge in [-0.2, -0.15) is 0 Å². The molecule has 0 fully saturated rings. The van der Waals surface area contributed by atoms with E-state index in [1.165, 1.54) is 0 Å². The molecule has 4 nitrogen and oxygen atoms in total. The molecule has 3 N–H and O–H groups in total. The first kappa shape index (κ1) is 15.3. The quantitative estimate of drug-likeness (QED) is 0.676. The van der Waals surface area contributed by atoms with Gasteiger partial charge >= 0.3 is 0 Å². The number of rotatable bonds is 5. The van der Waals surface area contributed by atoms with Gasteiger partial charge in [-0.25, -0.2) is 0 Å². The van der Waals surface area contributed by atoms with Crippen LogP contribution in [-0.4, -0.2) is 22.0 Å². The normalized spacial score (nSPS) is 13.7. The minimum absolute atomic E-state index is 0.122. The fourth-order valence-corrected chi connectivity index (χ4v) is 2.79. The highest BCUT2D eigenvalue weighted by atomic mass is 16.3. The molecule has 1 aromatic heterocycles. The molecule has 0 aliphatic rings. The minimum Gasteiger partial charge on any atom is -0.388 e. The summed E-state index contributed by atoms with van der Waals surface area (Å²) < 4.78 is 0. The van der Waals surface area contributed by atoms with Gasteiger partial charge in [0.2, 0.25) is 0 Å². The van der Waals surface area contributed by atoms with Crippen molar-refractivity contribution in [3.05, 3.63) is 71.9 Å². The maximum Gasteiger partial charge on any atom is 0.252 e. The molecule has 0 saturated carbocycles. The van der Waals surface area contributed by atoms with Gasteiger partial charge in [0.1, 0.15) is 0 Å². The monoisotopic (exact) mass is 308 g/mol. The summed E-state index contributed by atoms with van der Waals surface area (Å²) in [6.45, 7) is 1.90. The van der Waals surface area contributed by atoms with Crippen molar-refractivity contribution in [3.8, 4) is 0 Å². The Hall–Kier alpha value is -2.59. The maximum absolute atomic E-state index is 12.5. The minimum atomic E-state index is -0.588. The summed E-state index contributed by atoms with van der Waals surface area (Å²) in [4.78, 5) is 15.6. The Morgan fingerprint density at radius 1 is 1.13 bits per heavy atom. The van der Waals surface area contributed by atoms with Gasteiger partial charge in [-0.15, -0.1) is 0 Å². The average molecular weight is 308 g/mol. The predicted octanol–water partition coefficient (Wildman–Crippen LogP) is 3.41. The predicted molar refractivity (Wildman–Crippen MR) is 91.2 cm³/mol. The number of benzene rings is 2. The zero-order valence-corrected chi connectivity index (χ0v) is 13.0. The van der Waals surface area contributed by atoms with Crippen LogP contribution in [0, 0.1) is 0 Å². The van der Waals surface area contributed by atoms with Crippen molar-refractivity contribution < 1.29 is 9.90 Å². The summed E-state index contributed by atoms with van der Waals surface area (Å²) >= 11 is 0. The number of carbonyl (C=O) groups is 1. The molecule has 3 rings (SSSR count). The van der Waals surface area contributed by atoms with E-state index in [4.69, 9.17) is 0 Å². The summed E-state index contributed by atoms with van der Waals surface area (Å²) in [6, 6.07) is 16.9. The average Bonchev–Trinajstić information content (AvgIpc) is 3.03. The molecule has 23 heavy (non-hydrogen) atoms. The number of H-pyrrole nitrogens is 1. The molecule has 0 bridgehead atoms. The fourth-order valence-electron chi connectivity index (χ4n) is 2.79. The molecule has 1 amide bonds. The topological polar surface area (TPSA) is 65.1 Å². The molecule has 0 aliphatic carbocycles. The number of aliphatic hydroxyl groups is 1. The van der Waals surface area contributed by atoms with Crippen molar-refractivity contribution >= 4 is 16.8 Å². The van der Waals surface area contributed by atoms with Crippen LogP contribution in [0.1, 0.15) is 35.4 Å². The lowest BCUT2D eigenvalue weighted by atomic mass is 10.0. The smallest absolute Gasteiger partial charge is 0.252 e. The highest BCUT2D eigenvalue weighted by molar-refractivity contribution is 6.06. The largest absolute Gasteiger partial charge is 0.388 e. The lowest BCUT2D eigenvalue weighted by molar-refractivity contribution is 0.0918. The van der Waals surface area contributed by atoms with Crippen LogP contribution in [-0.2, 0) is 0 Å². The third kappa shape index (κ3) is 3.43. The van der Waals surface area contributed by atoms with Crippen molar-refractivity contribution in [3.63, 3.8) is 0 Å². The second-order valence-electron chi connectivity index (χ2n) is 5.78. The van der Waals surface area contributed by atoms with E-state index < -0.39 is 6.10 Å². The fraction of sp³-hybridized carbons (Fsp3) is 0.211. The molecule has 0 spiro atoms. The van der Waals surface area contributed by atoms with Crippen LogP contribution in [0.25, 0.3) is 10.9 Å². The Labute approximate surface area is 135 Å². The van der Waals surface area contributed by atoms with Crippen LogP contribution in [0.15, 0.2) is 60.8 Å². The van der Waals surface area contributed by atoms with Gasteiger partial charge in [0, 0.05) is 28.7 Å². The molecule has 0 unspecified atom stereocenters. The molecule has 1 heterocycles. The van der Waals surface area contributed by atoms with E-state index in [1.54, 1.807) is 0 Å². The van der Waals surface area contributed by atoms with E-state index in [2.05, 4.69) is 10.3 Å². The number of aliphatic hydroxyl groups excluding tert-OH is 1. The summed E-state index contributed by atoms with van der Waals surface area (Å²) in [6.07, 6.45) is 1.71. The van der Waals surface area contributed by atoms with Crippen LogP contribution in [0.3, 0.4) is 0 Å². The number of hydrogen-bond donors (Lipinski definition) is 3. The van der Waals surface area contributed by atoms with Gasteiger partial charge in [0.05, 0.1) is 6.10 Å². The van der Waals surface area contributed by atoms with Crippen LogP contribution in [0.2, 0.25) is 0 Å². The highest BCUT2D eigenvalue weighted by Gasteiger charge is 2.16. The summed E-state index contributed by atoms with van der Waals surface area (Å²) in [5.41, 5.74) is 2.45. The molecule has 118 valence electrons. The van der Waals surface area contributed by atoms with Gasteiger partial charge in [0.25, 0.3) is 5.91 Å². The number of nitrogens with one attached hydrogen (secondary N) is 2. The summed E-state index contributed by atoms with van der Waals surface area (Å²) in [5, 5.41) is 14.1. The molecular weight excluding hydrogens is 288 g/mol. The molecule has 4 heteroatoms. The van der Waals surface area contributed by atoms with Crippen LogP contribution in [0.4, 0.5) is 0 Å². The summed E-state index contributed by atoms with van der Waals surface area (Å²) in [7, 11) is 0. The van der Waals surface area contributed by atoms with Crippen molar-refractivity contribution in [1.82, 2.24) is 10.3 Å². The number of aromatic nitrogens is 1. The van der Waals surface area contributed by atoms with Gasteiger partial charge in [-0.1, -0.05) is 36.4 Å². The first-order valence-electron chi connectivity index (χ1n) is 7.75. The van der Waals surface area contributed by atoms with Crippen molar-refractivity contribution in [1.29, 1.82) is 0 Å². The molecule has 2 aromatic carbocycles. The Kier molecular flexibility index (Phi) is 4.44. The molecule has 3 aromatic rings. The molecule has 2 atom stereocenters. The molecular formula is C19H20N2O2. The number of amides is 1. The lowest BCUT2D eigenvalue weighted by Gasteiger charge is -2.18. The molecule has 0 radical (unpaired) electrons. The van der Waals surface area contributed by atoms with E-state index in [9.17, 15) is 9.90 Å². The van der Waals surface area contributed by atoms with Gasteiger partial charge in [0.15, 0.2) is 0 Å². The van der Waals surface area contributed by atoms with Crippen molar-refractivity contribution in [2.45, 2.75) is 25.5 Å². The Bertz CT molecular complexity index is 795. The highest BCUT2D eigenvalue weighted by Crippen LogP contribution is 2.20. The second-order valence-corrected chi connectivity index (χ2v) is 5.78. The number of hydrogen-bond acceptors (Lipinski definition) is 2. The number of aromatic amines is 1. The maximum atomic E-state index is 12.5. The van der Waals surface area contributed by atoms with Gasteiger partial charge < -0.3 is 15.4 Å². The van der Waals surface area contributed by atoms with Crippen LogP contribution >= 0.6 is 0 Å². The molecule has 0 aliphatic heterocycles. The van der Waals surface area contributed by atoms with E-state index in [0.29, 0.717) is 12.0 Å². The lowest BCUT2D eigenvalue weighted by Crippen LogP contribution is -2.33. The van der Waals surface area contributed by atoms with Gasteiger partial charge in [-0.05, 0) is 37.1 Å². The number of carbonyl (C=O) groups excluding carboxylic acids is 1. The first-order valence-corrected chi connectivity index (χ1v) is 7.75. The first-order chi connectivity index (χ1) is 11.1. The summed E-state index contributed by atoms with van der Waals surface area (Å²) in [5.74, 6) is -0.122. The zero-order valence-electron chi connectivity index (χ0n) is 13.0. The Balaban J connectivity index is 1.67. The van der Waals surface area contributed by atoms with Crippen LogP contribution < -0.4 is 5.32 Å². The van der Waals surface area contributed by atoms with E-state index in [-0.39, 0.29) is 11.9 Å². The van der Waals surface area contributed by atoms with Crippen molar-refractivity contribution in [2.24, 2.45) is 0 Å². The number of fused-ring (bicyclic) bond motifs is 1. The molecule has 0 saturated heterocycles. The SMILES string of the molecule is C[C@@H](C[C@@H](O)c1ccccc1)NC(=O)c1cccc2[nH]ccc12. The van der Waals surface area contributed by atoms with E-state index in [0.717, 1.165) is 16.5 Å². The zero-order chi connectivity index (χ0) is 16.2. The van der Waals surface area contributed by atoms with E-state index in [1.807, 2.05) is 67.7 Å². The second kappa shape index (κ2) is 6.67.